The minimum absolute atomic E-state index is 0.142. The van der Waals surface area contributed by atoms with Crippen molar-refractivity contribution in [2.45, 2.75) is 12.7 Å². The van der Waals surface area contributed by atoms with Crippen molar-refractivity contribution in [3.63, 3.8) is 0 Å². The van der Waals surface area contributed by atoms with Gasteiger partial charge in [-0.25, -0.2) is 9.59 Å². The molecule has 0 bridgehead atoms. The Morgan fingerprint density at radius 2 is 1.68 bits per heavy atom. The van der Waals surface area contributed by atoms with Crippen molar-refractivity contribution in [2.24, 2.45) is 0 Å². The molecule has 7 nitrogen and oxygen atoms in total. The van der Waals surface area contributed by atoms with Crippen LogP contribution in [0.2, 0.25) is 0 Å². The van der Waals surface area contributed by atoms with E-state index in [4.69, 9.17) is 9.84 Å². The van der Waals surface area contributed by atoms with Crippen LogP contribution in [0.4, 0.5) is 4.79 Å². The van der Waals surface area contributed by atoms with Gasteiger partial charge in [0.2, 0.25) is 6.10 Å². The Morgan fingerprint density at radius 3 is 2.24 bits per heavy atom. The van der Waals surface area contributed by atoms with E-state index in [1.165, 1.54) is 19.2 Å². The molecule has 1 atom stereocenters. The molecule has 0 radical (unpaired) electrons. The number of aliphatic hydroxyl groups is 1. The van der Waals surface area contributed by atoms with Crippen LogP contribution in [-0.4, -0.2) is 30.1 Å². The van der Waals surface area contributed by atoms with Crippen molar-refractivity contribution in [1.82, 2.24) is 10.6 Å². The van der Waals surface area contributed by atoms with Gasteiger partial charge in [0.1, 0.15) is 0 Å². The van der Waals surface area contributed by atoms with E-state index in [-0.39, 0.29) is 12.2 Å². The predicted octanol–water partition coefficient (Wildman–Crippen LogP) is 1.53. The number of amides is 3. The first-order chi connectivity index (χ1) is 12.0. The third kappa shape index (κ3) is 4.89. The van der Waals surface area contributed by atoms with Crippen molar-refractivity contribution >= 4 is 17.9 Å². The van der Waals surface area contributed by atoms with Crippen molar-refractivity contribution in [1.29, 1.82) is 0 Å². The van der Waals surface area contributed by atoms with Crippen LogP contribution in [0.5, 0.6) is 0 Å². The first-order valence-corrected chi connectivity index (χ1v) is 7.53. The molecule has 7 heteroatoms. The molecule has 0 fully saturated rings. The minimum Gasteiger partial charge on any atom is -0.444 e. The molecule has 3 amide bonds. The summed E-state index contributed by atoms with van der Waals surface area (Å²) in [6, 6.07) is 13.8. The lowest BCUT2D eigenvalue weighted by molar-refractivity contribution is -0.129. The molecule has 0 aromatic heterocycles. The van der Waals surface area contributed by atoms with E-state index < -0.39 is 24.0 Å². The van der Waals surface area contributed by atoms with E-state index in [1.54, 1.807) is 42.5 Å². The quantitative estimate of drug-likeness (QED) is 0.715. The highest BCUT2D eigenvalue weighted by atomic mass is 16.5. The van der Waals surface area contributed by atoms with Gasteiger partial charge in [-0.05, 0) is 17.7 Å². The number of carbonyl (C=O) groups excluding carboxylic acids is 3. The second kappa shape index (κ2) is 8.60. The van der Waals surface area contributed by atoms with Crippen LogP contribution < -0.4 is 10.6 Å². The summed E-state index contributed by atoms with van der Waals surface area (Å²) in [7, 11) is 1.37. The van der Waals surface area contributed by atoms with Gasteiger partial charge >= 0.3 is 12.0 Å². The van der Waals surface area contributed by atoms with Crippen LogP contribution in [0.3, 0.4) is 0 Å². The van der Waals surface area contributed by atoms with Crippen molar-refractivity contribution in [3.8, 4) is 0 Å². The van der Waals surface area contributed by atoms with Gasteiger partial charge < -0.3 is 15.2 Å². The van der Waals surface area contributed by atoms with E-state index in [9.17, 15) is 14.4 Å². The number of ether oxygens (including phenoxy) is 1. The third-order valence-corrected chi connectivity index (χ3v) is 3.40. The molecule has 2 rings (SSSR count). The standard InChI is InChI=1S/C18H18N2O5/c1-19-18(24)20-16(22)15(13-5-3-2-4-6-13)25-17(23)14-9-7-12(11-21)8-10-14/h2-10,15,21H,11H2,1H3,(H2,19,20,22,24)/t15-/m1/s1. The zero-order valence-corrected chi connectivity index (χ0v) is 13.6. The highest BCUT2D eigenvalue weighted by molar-refractivity contribution is 5.99. The lowest BCUT2D eigenvalue weighted by Gasteiger charge is -2.17. The summed E-state index contributed by atoms with van der Waals surface area (Å²) < 4.78 is 5.31. The van der Waals surface area contributed by atoms with Gasteiger partial charge in [-0.2, -0.15) is 0 Å². The number of carbonyl (C=O) groups is 3. The molecule has 0 aliphatic rings. The maximum Gasteiger partial charge on any atom is 0.339 e. The summed E-state index contributed by atoms with van der Waals surface area (Å²) in [5, 5.41) is 13.4. The van der Waals surface area contributed by atoms with Crippen LogP contribution in [0, 0.1) is 0 Å². The summed E-state index contributed by atoms with van der Waals surface area (Å²) in [5.74, 6) is -1.48. The highest BCUT2D eigenvalue weighted by Crippen LogP contribution is 2.20. The van der Waals surface area contributed by atoms with Gasteiger partial charge in [-0.3, -0.25) is 10.1 Å². The summed E-state index contributed by atoms with van der Waals surface area (Å²) in [6.45, 7) is -0.142. The molecular weight excluding hydrogens is 324 g/mol. The molecule has 2 aromatic rings. The number of hydrogen-bond donors (Lipinski definition) is 3. The molecule has 0 unspecified atom stereocenters. The number of esters is 1. The maximum atomic E-state index is 12.3. The second-order valence-corrected chi connectivity index (χ2v) is 5.12. The molecule has 0 saturated heterocycles. The first-order valence-electron chi connectivity index (χ1n) is 7.53. The van der Waals surface area contributed by atoms with Crippen LogP contribution >= 0.6 is 0 Å². The van der Waals surface area contributed by atoms with Crippen LogP contribution in [0.25, 0.3) is 0 Å². The van der Waals surface area contributed by atoms with E-state index in [0.717, 1.165) is 0 Å². The zero-order valence-electron chi connectivity index (χ0n) is 13.6. The van der Waals surface area contributed by atoms with Gasteiger partial charge in [0.15, 0.2) is 0 Å². The Morgan fingerprint density at radius 1 is 1.04 bits per heavy atom. The first kappa shape index (κ1) is 18.2. The monoisotopic (exact) mass is 342 g/mol. The number of aliphatic hydroxyl groups excluding tert-OH is 1. The fourth-order valence-electron chi connectivity index (χ4n) is 2.06. The molecular formula is C18H18N2O5. The molecule has 25 heavy (non-hydrogen) atoms. The molecule has 2 aromatic carbocycles. The van der Waals surface area contributed by atoms with Gasteiger partial charge in [-0.1, -0.05) is 42.5 Å². The van der Waals surface area contributed by atoms with Gasteiger partial charge in [0.25, 0.3) is 5.91 Å². The SMILES string of the molecule is CNC(=O)NC(=O)[C@H](OC(=O)c1ccc(CO)cc1)c1ccccc1. The van der Waals surface area contributed by atoms with Crippen LogP contribution in [0.15, 0.2) is 54.6 Å². The molecule has 3 N–H and O–H groups in total. The number of hydrogen-bond acceptors (Lipinski definition) is 5. The fourth-order valence-corrected chi connectivity index (χ4v) is 2.06. The Bertz CT molecular complexity index is 744. The number of benzene rings is 2. The normalized spacial score (nSPS) is 11.3. The summed E-state index contributed by atoms with van der Waals surface area (Å²) in [6.07, 6.45) is -1.27. The lowest BCUT2D eigenvalue weighted by atomic mass is 10.1. The Balaban J connectivity index is 2.21. The number of nitrogens with one attached hydrogen (secondary N) is 2. The second-order valence-electron chi connectivity index (χ2n) is 5.12. The van der Waals surface area contributed by atoms with Gasteiger partial charge in [-0.15, -0.1) is 0 Å². The molecule has 0 aliphatic carbocycles. The van der Waals surface area contributed by atoms with E-state index >= 15 is 0 Å². The van der Waals surface area contributed by atoms with E-state index in [0.29, 0.717) is 11.1 Å². The van der Waals surface area contributed by atoms with Crippen LogP contribution in [0.1, 0.15) is 27.6 Å². The van der Waals surface area contributed by atoms with Gasteiger partial charge in [0.05, 0.1) is 12.2 Å². The van der Waals surface area contributed by atoms with Crippen LogP contribution in [-0.2, 0) is 16.1 Å². The average Bonchev–Trinajstić information content (AvgIpc) is 2.66. The largest absolute Gasteiger partial charge is 0.444 e. The molecule has 0 heterocycles. The molecule has 0 aliphatic heterocycles. The predicted molar refractivity (Wildman–Crippen MR) is 89.6 cm³/mol. The summed E-state index contributed by atoms with van der Waals surface area (Å²) >= 11 is 0. The average molecular weight is 342 g/mol. The maximum absolute atomic E-state index is 12.3. The lowest BCUT2D eigenvalue weighted by Crippen LogP contribution is -2.41. The molecule has 0 saturated carbocycles. The topological polar surface area (TPSA) is 105 Å². The Kier molecular flexibility index (Phi) is 6.25. The van der Waals surface area contributed by atoms with Gasteiger partial charge in [0, 0.05) is 12.6 Å². The summed E-state index contributed by atoms with van der Waals surface area (Å²) in [5.41, 5.74) is 1.31. The fraction of sp³-hybridized carbons (Fsp3) is 0.167. The van der Waals surface area contributed by atoms with E-state index in [2.05, 4.69) is 10.6 Å². The zero-order chi connectivity index (χ0) is 18.2. The Labute approximate surface area is 144 Å². The van der Waals surface area contributed by atoms with Crippen molar-refractivity contribution < 1.29 is 24.2 Å². The van der Waals surface area contributed by atoms with E-state index in [1.807, 2.05) is 0 Å². The number of rotatable bonds is 5. The van der Waals surface area contributed by atoms with Crippen molar-refractivity contribution in [2.75, 3.05) is 7.05 Å². The molecule has 0 spiro atoms. The number of urea groups is 1. The smallest absolute Gasteiger partial charge is 0.339 e. The van der Waals surface area contributed by atoms with Crippen molar-refractivity contribution in [3.05, 3.63) is 71.3 Å². The number of imide groups is 1. The third-order valence-electron chi connectivity index (χ3n) is 3.40. The Hall–Kier alpha value is -3.19. The highest BCUT2D eigenvalue weighted by Gasteiger charge is 2.26. The molecule has 130 valence electrons. The summed E-state index contributed by atoms with van der Waals surface area (Å²) in [4.78, 5) is 36.0. The minimum atomic E-state index is -1.27.